The van der Waals surface area contributed by atoms with E-state index in [2.05, 4.69) is 96.2 Å². The van der Waals surface area contributed by atoms with E-state index in [1.807, 2.05) is 66.2 Å². The average Bonchev–Trinajstić information content (AvgIpc) is 3.82. The van der Waals surface area contributed by atoms with Crippen molar-refractivity contribution in [2.75, 3.05) is 0 Å². The van der Waals surface area contributed by atoms with Crippen molar-refractivity contribution in [3.63, 3.8) is 0 Å². The number of fused-ring (bicyclic) bond motifs is 7. The molecule has 0 aliphatic heterocycles. The summed E-state index contributed by atoms with van der Waals surface area (Å²) in [5.41, 5.74) is 14.5. The Morgan fingerprint density at radius 1 is 0.531 bits per heavy atom. The van der Waals surface area contributed by atoms with E-state index in [4.69, 9.17) is 15.0 Å². The van der Waals surface area contributed by atoms with Gasteiger partial charge in [-0.2, -0.15) is 0 Å². The highest BCUT2D eigenvalue weighted by atomic mass is 32.1. The van der Waals surface area contributed by atoms with Gasteiger partial charge in [0.15, 0.2) is 17.5 Å². The third kappa shape index (κ3) is 4.31. The van der Waals surface area contributed by atoms with Crippen molar-refractivity contribution in [1.82, 2.24) is 24.5 Å². The van der Waals surface area contributed by atoms with Crippen molar-refractivity contribution in [3.05, 3.63) is 150 Å². The van der Waals surface area contributed by atoms with Gasteiger partial charge in [0, 0.05) is 38.6 Å². The number of hydrogen-bond acceptors (Lipinski definition) is 5. The Kier molecular flexibility index (Phi) is 6.02. The first kappa shape index (κ1) is 28.1. The highest BCUT2D eigenvalue weighted by Gasteiger charge is 2.36. The Bertz CT molecular complexity index is 2680. The molecule has 232 valence electrons. The van der Waals surface area contributed by atoms with E-state index in [0.717, 1.165) is 38.8 Å². The first-order chi connectivity index (χ1) is 24.0. The van der Waals surface area contributed by atoms with Crippen LogP contribution in [0, 0.1) is 0 Å². The SMILES string of the molecule is CC1(C)c2cc(-n3c4ccccc4c4cc(-c5nc(-c6ccccc6)nc(-c6ccccc6)n5)ccc43)ccc2-c2cc3ncsc3cc21. The van der Waals surface area contributed by atoms with Crippen LogP contribution in [-0.4, -0.2) is 24.5 Å². The average molecular weight is 648 g/mol. The lowest BCUT2D eigenvalue weighted by atomic mass is 9.82. The second kappa shape index (κ2) is 10.5. The van der Waals surface area contributed by atoms with Gasteiger partial charge in [0.05, 0.1) is 26.8 Å². The molecule has 0 unspecified atom stereocenters. The van der Waals surface area contributed by atoms with Gasteiger partial charge in [-0.25, -0.2) is 19.9 Å². The molecule has 6 heteroatoms. The summed E-state index contributed by atoms with van der Waals surface area (Å²) in [6, 6.07) is 47.1. The predicted octanol–water partition coefficient (Wildman–Crippen LogP) is 10.9. The van der Waals surface area contributed by atoms with Crippen LogP contribution in [0.2, 0.25) is 0 Å². The minimum Gasteiger partial charge on any atom is -0.309 e. The molecule has 10 rings (SSSR count). The van der Waals surface area contributed by atoms with Crippen molar-refractivity contribution in [2.24, 2.45) is 0 Å². The standard InChI is InChI=1S/C43H29N5S/c1-43(2)34-22-29(18-19-30(34)32-23-36-39(24-35(32)43)49-25-44-36)48-37-16-10-9-15-31(37)33-21-28(17-20-38(33)48)42-46-40(26-11-5-3-6-12-26)45-41(47-42)27-13-7-4-8-14-27/h3-25H,1-2H3. The van der Waals surface area contributed by atoms with Gasteiger partial charge in [0.2, 0.25) is 0 Å². The Morgan fingerprint density at radius 2 is 1.16 bits per heavy atom. The summed E-state index contributed by atoms with van der Waals surface area (Å²) in [5, 5.41) is 2.35. The first-order valence-electron chi connectivity index (χ1n) is 16.5. The van der Waals surface area contributed by atoms with E-state index >= 15 is 0 Å². The largest absolute Gasteiger partial charge is 0.309 e. The molecule has 0 amide bonds. The van der Waals surface area contributed by atoms with Gasteiger partial charge in [-0.3, -0.25) is 0 Å². The molecular weight excluding hydrogens is 619 g/mol. The molecule has 1 aliphatic carbocycles. The monoisotopic (exact) mass is 647 g/mol. The van der Waals surface area contributed by atoms with Gasteiger partial charge in [0.1, 0.15) is 0 Å². The van der Waals surface area contributed by atoms with E-state index < -0.39 is 0 Å². The third-order valence-corrected chi connectivity index (χ3v) is 10.8. The molecule has 0 radical (unpaired) electrons. The lowest BCUT2D eigenvalue weighted by Gasteiger charge is -2.22. The van der Waals surface area contributed by atoms with Crippen LogP contribution in [0.1, 0.15) is 25.0 Å². The van der Waals surface area contributed by atoms with Gasteiger partial charge in [-0.15, -0.1) is 11.3 Å². The summed E-state index contributed by atoms with van der Waals surface area (Å²) >= 11 is 1.71. The molecule has 3 heterocycles. The number of rotatable bonds is 4. The summed E-state index contributed by atoms with van der Waals surface area (Å²) in [7, 11) is 0. The maximum Gasteiger partial charge on any atom is 0.164 e. The fourth-order valence-electron chi connectivity index (χ4n) is 7.54. The Morgan fingerprint density at radius 3 is 1.90 bits per heavy atom. The van der Waals surface area contributed by atoms with Crippen LogP contribution in [0.15, 0.2) is 139 Å². The van der Waals surface area contributed by atoms with Crippen LogP contribution in [0.25, 0.3) is 83.0 Å². The number of aromatic nitrogens is 5. The number of benzene rings is 6. The van der Waals surface area contributed by atoms with Crippen LogP contribution in [0.5, 0.6) is 0 Å². The molecule has 0 N–H and O–H groups in total. The summed E-state index contributed by atoms with van der Waals surface area (Å²) < 4.78 is 3.63. The van der Waals surface area contributed by atoms with E-state index in [-0.39, 0.29) is 5.41 Å². The lowest BCUT2D eigenvalue weighted by molar-refractivity contribution is 0.661. The zero-order valence-electron chi connectivity index (χ0n) is 26.9. The molecule has 9 aromatic rings. The zero-order chi connectivity index (χ0) is 32.7. The molecule has 0 atom stereocenters. The summed E-state index contributed by atoms with van der Waals surface area (Å²) in [4.78, 5) is 19.5. The predicted molar refractivity (Wildman–Crippen MR) is 201 cm³/mol. The molecule has 6 aromatic carbocycles. The van der Waals surface area contributed by atoms with Gasteiger partial charge in [0.25, 0.3) is 0 Å². The molecule has 49 heavy (non-hydrogen) atoms. The fraction of sp³-hybridized carbons (Fsp3) is 0.0698. The maximum absolute atomic E-state index is 5.01. The van der Waals surface area contributed by atoms with E-state index in [1.165, 1.54) is 37.9 Å². The first-order valence-corrected chi connectivity index (χ1v) is 17.3. The second-order valence-electron chi connectivity index (χ2n) is 13.2. The van der Waals surface area contributed by atoms with Gasteiger partial charge >= 0.3 is 0 Å². The summed E-state index contributed by atoms with van der Waals surface area (Å²) in [6.45, 7) is 4.68. The van der Waals surface area contributed by atoms with E-state index in [9.17, 15) is 0 Å². The molecule has 0 fully saturated rings. The molecule has 1 aliphatic rings. The maximum atomic E-state index is 5.01. The minimum absolute atomic E-state index is 0.129. The van der Waals surface area contributed by atoms with Gasteiger partial charge < -0.3 is 4.57 Å². The lowest BCUT2D eigenvalue weighted by Crippen LogP contribution is -2.15. The number of para-hydroxylation sites is 1. The molecule has 3 aromatic heterocycles. The highest BCUT2D eigenvalue weighted by molar-refractivity contribution is 7.16. The zero-order valence-corrected chi connectivity index (χ0v) is 27.7. The third-order valence-electron chi connectivity index (χ3n) is 10.00. The topological polar surface area (TPSA) is 56.5 Å². The Hall–Kier alpha value is -5.98. The minimum atomic E-state index is -0.129. The summed E-state index contributed by atoms with van der Waals surface area (Å²) in [5.74, 6) is 1.96. The summed E-state index contributed by atoms with van der Waals surface area (Å²) in [6.07, 6.45) is 0. The van der Waals surface area contributed by atoms with Gasteiger partial charge in [-0.1, -0.05) is 98.8 Å². The van der Waals surface area contributed by atoms with E-state index in [0.29, 0.717) is 17.5 Å². The molecule has 0 spiro atoms. The number of thiazole rings is 1. The number of nitrogens with zero attached hydrogens (tertiary/aromatic N) is 5. The molecule has 0 saturated carbocycles. The van der Waals surface area contributed by atoms with Gasteiger partial charge in [-0.05, 0) is 70.8 Å². The van der Waals surface area contributed by atoms with Crippen molar-refractivity contribution in [3.8, 4) is 51.0 Å². The van der Waals surface area contributed by atoms with Crippen molar-refractivity contribution in [2.45, 2.75) is 19.3 Å². The Labute approximate surface area is 287 Å². The van der Waals surface area contributed by atoms with Crippen LogP contribution in [0.4, 0.5) is 0 Å². The van der Waals surface area contributed by atoms with Crippen molar-refractivity contribution in [1.29, 1.82) is 0 Å². The molecular formula is C43H29N5S. The quantitative estimate of drug-likeness (QED) is 0.191. The van der Waals surface area contributed by atoms with Crippen molar-refractivity contribution >= 4 is 43.4 Å². The highest BCUT2D eigenvalue weighted by Crippen LogP contribution is 2.51. The second-order valence-corrected chi connectivity index (χ2v) is 14.1. The fourth-order valence-corrected chi connectivity index (χ4v) is 8.24. The van der Waals surface area contributed by atoms with E-state index in [1.54, 1.807) is 11.3 Å². The Balaban J connectivity index is 1.15. The van der Waals surface area contributed by atoms with Crippen LogP contribution >= 0.6 is 11.3 Å². The smallest absolute Gasteiger partial charge is 0.164 e. The van der Waals surface area contributed by atoms with Crippen LogP contribution in [-0.2, 0) is 5.41 Å². The normalized spacial score (nSPS) is 13.3. The van der Waals surface area contributed by atoms with Crippen molar-refractivity contribution < 1.29 is 0 Å². The molecule has 0 saturated heterocycles. The number of hydrogen-bond donors (Lipinski definition) is 0. The molecule has 0 bridgehead atoms. The van der Waals surface area contributed by atoms with Crippen LogP contribution < -0.4 is 0 Å². The van der Waals surface area contributed by atoms with Crippen LogP contribution in [0.3, 0.4) is 0 Å². The molecule has 5 nitrogen and oxygen atoms in total.